The molecule has 5 fully saturated rings. The first kappa shape index (κ1) is 20.9. The summed E-state index contributed by atoms with van der Waals surface area (Å²) in [7, 11) is 0. The van der Waals surface area contributed by atoms with Crippen LogP contribution >= 0.6 is 0 Å². The van der Waals surface area contributed by atoms with Crippen LogP contribution in [-0.2, 0) is 0 Å². The highest BCUT2D eigenvalue weighted by Crippen LogP contribution is 2.72. The molecule has 5 aliphatic rings. The van der Waals surface area contributed by atoms with Gasteiger partial charge in [-0.15, -0.1) is 0 Å². The summed E-state index contributed by atoms with van der Waals surface area (Å²) >= 11 is 0. The Morgan fingerprint density at radius 3 is 2.21 bits per heavy atom. The Hall–Kier alpha value is 0. The first-order valence-electron chi connectivity index (χ1n) is 13.8. The maximum Gasteiger partial charge on any atom is -0.0261 e. The van der Waals surface area contributed by atoms with E-state index in [0.29, 0.717) is 10.8 Å². The van der Waals surface area contributed by atoms with Crippen molar-refractivity contribution in [2.45, 2.75) is 125 Å². The van der Waals surface area contributed by atoms with Gasteiger partial charge in [-0.2, -0.15) is 0 Å². The molecule has 0 amide bonds. The Labute approximate surface area is 182 Å². The average molecular weight is 399 g/mol. The molecule has 5 saturated carbocycles. The Morgan fingerprint density at radius 1 is 0.724 bits per heavy atom. The van der Waals surface area contributed by atoms with Gasteiger partial charge in [0.1, 0.15) is 0 Å². The zero-order chi connectivity index (χ0) is 20.4. The van der Waals surface area contributed by atoms with Crippen LogP contribution in [0.15, 0.2) is 0 Å². The molecule has 0 saturated heterocycles. The van der Waals surface area contributed by atoms with Crippen molar-refractivity contribution >= 4 is 0 Å². The van der Waals surface area contributed by atoms with E-state index in [2.05, 4.69) is 34.6 Å². The van der Waals surface area contributed by atoms with Crippen LogP contribution in [0.25, 0.3) is 0 Å². The van der Waals surface area contributed by atoms with Crippen molar-refractivity contribution in [3.63, 3.8) is 0 Å². The third-order valence-corrected chi connectivity index (χ3v) is 12.0. The molecule has 0 radical (unpaired) electrons. The molecule has 0 aromatic rings. The lowest BCUT2D eigenvalue weighted by atomic mass is 9.43. The van der Waals surface area contributed by atoms with E-state index in [4.69, 9.17) is 0 Å². The molecule has 0 N–H and O–H groups in total. The van der Waals surface area contributed by atoms with Crippen LogP contribution in [0.5, 0.6) is 0 Å². The standard InChI is InChI=1S/C29H50/c1-20(2)7-6-8-21(3)24-11-12-25-23-10-9-22-13-16-29(17-18-29)19-28(22,5)26(23)14-15-27(24,25)4/h20-26H,6-19H2,1-5H3. The summed E-state index contributed by atoms with van der Waals surface area (Å²) in [6, 6.07) is 0. The zero-order valence-electron chi connectivity index (χ0n) is 20.4. The second-order valence-corrected chi connectivity index (χ2v) is 13.9. The summed E-state index contributed by atoms with van der Waals surface area (Å²) in [5.74, 6) is 7.15. The number of hydrogen-bond donors (Lipinski definition) is 0. The Balaban J connectivity index is 1.31. The van der Waals surface area contributed by atoms with Crippen molar-refractivity contribution < 1.29 is 0 Å². The molecule has 0 aromatic heterocycles. The highest BCUT2D eigenvalue weighted by atomic mass is 14.7. The summed E-state index contributed by atoms with van der Waals surface area (Å²) < 4.78 is 0. The fraction of sp³-hybridized carbons (Fsp3) is 1.00. The maximum absolute atomic E-state index is 2.79. The SMILES string of the molecule is CC(C)CCCC(C)C1CCC2C3CCC4CCC5(CC5)CC4(C)C3CCC12C. The Morgan fingerprint density at radius 2 is 1.48 bits per heavy atom. The fourth-order valence-corrected chi connectivity index (χ4v) is 10.3. The summed E-state index contributed by atoms with van der Waals surface area (Å²) in [4.78, 5) is 0. The predicted molar refractivity (Wildman–Crippen MR) is 125 cm³/mol. The van der Waals surface area contributed by atoms with Gasteiger partial charge in [0.25, 0.3) is 0 Å². The second kappa shape index (κ2) is 7.27. The minimum Gasteiger partial charge on any atom is -0.0628 e. The van der Waals surface area contributed by atoms with Crippen molar-refractivity contribution in [3.05, 3.63) is 0 Å². The van der Waals surface area contributed by atoms with Gasteiger partial charge in [0.2, 0.25) is 0 Å². The normalized spacial score (nSPS) is 48.8. The molecule has 8 unspecified atom stereocenters. The minimum absolute atomic E-state index is 0.674. The van der Waals surface area contributed by atoms with Gasteiger partial charge in [0.05, 0.1) is 0 Å². The van der Waals surface area contributed by atoms with Crippen molar-refractivity contribution in [1.82, 2.24) is 0 Å². The molecule has 0 aliphatic heterocycles. The van der Waals surface area contributed by atoms with Gasteiger partial charge < -0.3 is 0 Å². The molecule has 1 spiro atoms. The number of fused-ring (bicyclic) bond motifs is 5. The summed E-state index contributed by atoms with van der Waals surface area (Å²) in [6.45, 7) is 13.0. The van der Waals surface area contributed by atoms with Gasteiger partial charge in [0.15, 0.2) is 0 Å². The van der Waals surface area contributed by atoms with Crippen LogP contribution in [0.3, 0.4) is 0 Å². The molecule has 8 atom stereocenters. The van der Waals surface area contributed by atoms with Crippen LogP contribution in [0.1, 0.15) is 125 Å². The Kier molecular flexibility index (Phi) is 5.23. The van der Waals surface area contributed by atoms with E-state index in [-0.39, 0.29) is 0 Å². The van der Waals surface area contributed by atoms with Crippen molar-refractivity contribution in [2.24, 2.45) is 57.7 Å². The topological polar surface area (TPSA) is 0 Å². The van der Waals surface area contributed by atoms with E-state index >= 15 is 0 Å². The molecular formula is C29H50. The lowest BCUT2D eigenvalue weighted by molar-refractivity contribution is -0.126. The first-order valence-corrected chi connectivity index (χ1v) is 13.8. The smallest absolute Gasteiger partial charge is 0.0261 e. The number of hydrogen-bond acceptors (Lipinski definition) is 0. The first-order chi connectivity index (χ1) is 13.8. The van der Waals surface area contributed by atoms with E-state index in [1.54, 1.807) is 70.6 Å². The van der Waals surface area contributed by atoms with Crippen LogP contribution < -0.4 is 0 Å². The summed E-state index contributed by atoms with van der Waals surface area (Å²) in [5.41, 5.74) is 2.21. The van der Waals surface area contributed by atoms with E-state index in [1.807, 2.05) is 0 Å². The molecule has 0 bridgehead atoms. The lowest BCUT2D eigenvalue weighted by Gasteiger charge is -2.62. The fourth-order valence-electron chi connectivity index (χ4n) is 10.3. The average Bonchev–Trinajstić information content (AvgIpc) is 3.30. The van der Waals surface area contributed by atoms with E-state index in [1.165, 1.54) is 19.3 Å². The number of rotatable bonds is 5. The predicted octanol–water partition coefficient (Wildman–Crippen LogP) is 8.89. The van der Waals surface area contributed by atoms with Gasteiger partial charge in [0, 0.05) is 0 Å². The Bertz CT molecular complexity index is 599. The van der Waals surface area contributed by atoms with Gasteiger partial charge in [-0.1, -0.05) is 53.9 Å². The quantitative estimate of drug-likeness (QED) is 0.433. The lowest BCUT2D eigenvalue weighted by Crippen LogP contribution is -2.54. The minimum atomic E-state index is 0.674. The molecule has 0 nitrogen and oxygen atoms in total. The van der Waals surface area contributed by atoms with Crippen LogP contribution in [0.4, 0.5) is 0 Å². The van der Waals surface area contributed by atoms with Gasteiger partial charge >= 0.3 is 0 Å². The molecule has 0 heteroatoms. The van der Waals surface area contributed by atoms with Crippen molar-refractivity contribution in [3.8, 4) is 0 Å². The van der Waals surface area contributed by atoms with E-state index in [0.717, 1.165) is 46.8 Å². The summed E-state index contributed by atoms with van der Waals surface area (Å²) in [6.07, 6.45) is 21.7. The van der Waals surface area contributed by atoms with Gasteiger partial charge in [-0.25, -0.2) is 0 Å². The van der Waals surface area contributed by atoms with Gasteiger partial charge in [-0.05, 0) is 128 Å². The molecule has 29 heavy (non-hydrogen) atoms. The highest BCUT2D eigenvalue weighted by Gasteiger charge is 2.63. The molecule has 0 heterocycles. The molecule has 166 valence electrons. The highest BCUT2D eigenvalue weighted by molar-refractivity contribution is 5.13. The van der Waals surface area contributed by atoms with E-state index in [9.17, 15) is 0 Å². The molecule has 5 aliphatic carbocycles. The molecule has 5 rings (SSSR count). The third kappa shape index (κ3) is 3.36. The van der Waals surface area contributed by atoms with Crippen LogP contribution in [-0.4, -0.2) is 0 Å². The van der Waals surface area contributed by atoms with E-state index < -0.39 is 0 Å². The largest absolute Gasteiger partial charge is 0.0628 e. The molecular weight excluding hydrogens is 348 g/mol. The summed E-state index contributed by atoms with van der Waals surface area (Å²) in [5, 5.41) is 0. The molecule has 0 aromatic carbocycles. The second-order valence-electron chi connectivity index (χ2n) is 13.9. The van der Waals surface area contributed by atoms with Gasteiger partial charge in [-0.3, -0.25) is 0 Å². The zero-order valence-corrected chi connectivity index (χ0v) is 20.4. The van der Waals surface area contributed by atoms with Crippen molar-refractivity contribution in [2.75, 3.05) is 0 Å². The third-order valence-electron chi connectivity index (χ3n) is 12.0. The monoisotopic (exact) mass is 398 g/mol. The maximum atomic E-state index is 2.79. The van der Waals surface area contributed by atoms with Crippen LogP contribution in [0, 0.1) is 57.7 Å². The van der Waals surface area contributed by atoms with Crippen LogP contribution in [0.2, 0.25) is 0 Å². The van der Waals surface area contributed by atoms with Crippen molar-refractivity contribution in [1.29, 1.82) is 0 Å².